The van der Waals surface area contributed by atoms with Crippen molar-refractivity contribution in [3.63, 3.8) is 0 Å². The molecule has 4 heteroatoms. The highest BCUT2D eigenvalue weighted by Gasteiger charge is 2.11. The minimum absolute atomic E-state index is 0.520. The molecule has 1 aliphatic rings. The van der Waals surface area contributed by atoms with Gasteiger partial charge in [-0.25, -0.2) is 4.98 Å². The summed E-state index contributed by atoms with van der Waals surface area (Å²) >= 11 is 5.70. The quantitative estimate of drug-likeness (QED) is 0.734. The van der Waals surface area contributed by atoms with Gasteiger partial charge in [-0.3, -0.25) is 0 Å². The summed E-state index contributed by atoms with van der Waals surface area (Å²) in [6.45, 7) is 2.17. The summed E-state index contributed by atoms with van der Waals surface area (Å²) in [7, 11) is 0. The Morgan fingerprint density at radius 1 is 1.50 bits per heavy atom. The van der Waals surface area contributed by atoms with Crippen LogP contribution < -0.4 is 10.6 Å². The van der Waals surface area contributed by atoms with Crippen LogP contribution in [0.5, 0.6) is 0 Å². The third-order valence-corrected chi connectivity index (χ3v) is 2.62. The molecule has 1 aromatic heterocycles. The lowest BCUT2D eigenvalue weighted by Gasteiger charge is -2.24. The molecule has 0 saturated carbocycles. The SMILES string of the molecule is Clc1ccc(NC2CCCNC2)cn1. The molecule has 1 aromatic rings. The maximum Gasteiger partial charge on any atom is 0.129 e. The third-order valence-electron chi connectivity index (χ3n) is 2.40. The van der Waals surface area contributed by atoms with Crippen LogP contribution in [0.3, 0.4) is 0 Å². The molecule has 1 atom stereocenters. The van der Waals surface area contributed by atoms with Crippen LogP contribution in [-0.2, 0) is 0 Å². The van der Waals surface area contributed by atoms with Gasteiger partial charge < -0.3 is 10.6 Å². The number of anilines is 1. The highest BCUT2D eigenvalue weighted by molar-refractivity contribution is 6.29. The molecule has 2 N–H and O–H groups in total. The van der Waals surface area contributed by atoms with Crippen molar-refractivity contribution in [2.45, 2.75) is 18.9 Å². The molecular weight excluding hydrogens is 198 g/mol. The summed E-state index contributed by atoms with van der Waals surface area (Å²) in [5.41, 5.74) is 1.04. The Morgan fingerprint density at radius 2 is 2.43 bits per heavy atom. The van der Waals surface area contributed by atoms with E-state index in [9.17, 15) is 0 Å². The van der Waals surface area contributed by atoms with Crippen molar-refractivity contribution in [2.24, 2.45) is 0 Å². The van der Waals surface area contributed by atoms with Crippen molar-refractivity contribution < 1.29 is 0 Å². The van der Waals surface area contributed by atoms with Gasteiger partial charge in [-0.15, -0.1) is 0 Å². The predicted molar refractivity (Wildman–Crippen MR) is 58.8 cm³/mol. The van der Waals surface area contributed by atoms with Gasteiger partial charge in [0.15, 0.2) is 0 Å². The van der Waals surface area contributed by atoms with Crippen LogP contribution >= 0.6 is 11.6 Å². The Kier molecular flexibility index (Phi) is 3.22. The largest absolute Gasteiger partial charge is 0.380 e. The van der Waals surface area contributed by atoms with E-state index in [0.717, 1.165) is 18.8 Å². The van der Waals surface area contributed by atoms with Gasteiger partial charge >= 0.3 is 0 Å². The molecule has 1 saturated heterocycles. The first-order valence-corrected chi connectivity index (χ1v) is 5.31. The van der Waals surface area contributed by atoms with Gasteiger partial charge in [-0.1, -0.05) is 11.6 Å². The standard InChI is InChI=1S/C10H14ClN3/c11-10-4-3-9(7-13-10)14-8-2-1-5-12-6-8/h3-4,7-8,12,14H,1-2,5-6H2. The van der Waals surface area contributed by atoms with Crippen molar-refractivity contribution in [1.29, 1.82) is 0 Å². The number of pyridine rings is 1. The molecule has 0 aliphatic carbocycles. The molecule has 76 valence electrons. The monoisotopic (exact) mass is 211 g/mol. The normalized spacial score (nSPS) is 21.9. The maximum absolute atomic E-state index is 5.70. The number of piperidine rings is 1. The molecule has 1 unspecified atom stereocenters. The molecule has 1 aliphatic heterocycles. The molecule has 0 aromatic carbocycles. The highest BCUT2D eigenvalue weighted by atomic mass is 35.5. The Balaban J connectivity index is 1.92. The van der Waals surface area contributed by atoms with Crippen molar-refractivity contribution in [3.8, 4) is 0 Å². The molecule has 3 nitrogen and oxygen atoms in total. The number of nitrogens with zero attached hydrogens (tertiary/aromatic N) is 1. The van der Waals surface area contributed by atoms with Gasteiger partial charge in [0.05, 0.1) is 11.9 Å². The summed E-state index contributed by atoms with van der Waals surface area (Å²) in [5, 5.41) is 7.32. The van der Waals surface area contributed by atoms with E-state index in [2.05, 4.69) is 15.6 Å². The molecular formula is C10H14ClN3. The Labute approximate surface area is 88.9 Å². The first-order valence-electron chi connectivity index (χ1n) is 4.93. The van der Waals surface area contributed by atoms with Crippen LogP contribution in [0, 0.1) is 0 Å². The average molecular weight is 212 g/mol. The van der Waals surface area contributed by atoms with E-state index in [4.69, 9.17) is 11.6 Å². The van der Waals surface area contributed by atoms with Crippen LogP contribution in [0.1, 0.15) is 12.8 Å². The van der Waals surface area contributed by atoms with Crippen molar-refractivity contribution in [3.05, 3.63) is 23.5 Å². The van der Waals surface area contributed by atoms with E-state index < -0.39 is 0 Å². The fraction of sp³-hybridized carbons (Fsp3) is 0.500. The number of nitrogens with one attached hydrogen (secondary N) is 2. The third kappa shape index (κ3) is 2.59. The minimum Gasteiger partial charge on any atom is -0.380 e. The predicted octanol–water partition coefficient (Wildman–Crippen LogP) is 1.90. The molecule has 14 heavy (non-hydrogen) atoms. The average Bonchev–Trinajstić information content (AvgIpc) is 2.23. The summed E-state index contributed by atoms with van der Waals surface area (Å²) in [4.78, 5) is 4.03. The maximum atomic E-state index is 5.70. The molecule has 0 spiro atoms. The Hall–Kier alpha value is -0.800. The topological polar surface area (TPSA) is 37.0 Å². The highest BCUT2D eigenvalue weighted by Crippen LogP contribution is 2.13. The zero-order valence-corrected chi connectivity index (χ0v) is 8.72. The van der Waals surface area contributed by atoms with E-state index in [-0.39, 0.29) is 0 Å². The number of halogens is 1. The minimum atomic E-state index is 0.520. The van der Waals surface area contributed by atoms with Crippen molar-refractivity contribution in [2.75, 3.05) is 18.4 Å². The van der Waals surface area contributed by atoms with Crippen molar-refractivity contribution >= 4 is 17.3 Å². The van der Waals surface area contributed by atoms with E-state index in [1.54, 1.807) is 12.3 Å². The van der Waals surface area contributed by atoms with Crippen LogP contribution in [0.15, 0.2) is 18.3 Å². The van der Waals surface area contributed by atoms with Gasteiger partial charge in [-0.05, 0) is 31.5 Å². The lowest BCUT2D eigenvalue weighted by Crippen LogP contribution is -2.38. The first-order chi connectivity index (χ1) is 6.84. The van der Waals surface area contributed by atoms with Crippen LogP contribution in [0.25, 0.3) is 0 Å². The number of hydrogen-bond acceptors (Lipinski definition) is 3. The Bertz CT molecular complexity index is 280. The summed E-state index contributed by atoms with van der Waals surface area (Å²) < 4.78 is 0. The van der Waals surface area contributed by atoms with Crippen LogP contribution in [0.2, 0.25) is 5.15 Å². The van der Waals surface area contributed by atoms with Gasteiger partial charge in [0.1, 0.15) is 5.15 Å². The van der Waals surface area contributed by atoms with E-state index in [1.807, 2.05) is 6.07 Å². The van der Waals surface area contributed by atoms with Crippen LogP contribution in [0.4, 0.5) is 5.69 Å². The van der Waals surface area contributed by atoms with Gasteiger partial charge in [0, 0.05) is 12.6 Å². The van der Waals surface area contributed by atoms with Crippen molar-refractivity contribution in [1.82, 2.24) is 10.3 Å². The molecule has 0 radical (unpaired) electrons. The smallest absolute Gasteiger partial charge is 0.129 e. The fourth-order valence-corrected chi connectivity index (χ4v) is 1.78. The summed E-state index contributed by atoms with van der Waals surface area (Å²) in [5.74, 6) is 0. The lowest BCUT2D eigenvalue weighted by atomic mass is 10.1. The Morgan fingerprint density at radius 3 is 3.07 bits per heavy atom. The molecule has 2 rings (SSSR count). The van der Waals surface area contributed by atoms with E-state index in [1.165, 1.54) is 12.8 Å². The van der Waals surface area contributed by atoms with E-state index in [0.29, 0.717) is 11.2 Å². The zero-order valence-electron chi connectivity index (χ0n) is 7.96. The number of aromatic nitrogens is 1. The van der Waals surface area contributed by atoms with Gasteiger partial charge in [-0.2, -0.15) is 0 Å². The van der Waals surface area contributed by atoms with E-state index >= 15 is 0 Å². The molecule has 0 bridgehead atoms. The summed E-state index contributed by atoms with van der Waals surface area (Å²) in [6.07, 6.45) is 4.23. The number of hydrogen-bond donors (Lipinski definition) is 2. The second-order valence-electron chi connectivity index (χ2n) is 3.56. The van der Waals surface area contributed by atoms with Gasteiger partial charge in [0.25, 0.3) is 0 Å². The first kappa shape index (κ1) is 9.74. The lowest BCUT2D eigenvalue weighted by molar-refractivity contribution is 0.480. The second kappa shape index (κ2) is 4.62. The van der Waals surface area contributed by atoms with Crippen LogP contribution in [-0.4, -0.2) is 24.1 Å². The molecule has 2 heterocycles. The summed E-state index contributed by atoms with van der Waals surface area (Å²) in [6, 6.07) is 4.29. The molecule has 1 fully saturated rings. The van der Waals surface area contributed by atoms with Gasteiger partial charge in [0.2, 0.25) is 0 Å². The zero-order chi connectivity index (χ0) is 9.80. The molecule has 0 amide bonds. The second-order valence-corrected chi connectivity index (χ2v) is 3.94. The number of rotatable bonds is 2. The fourth-order valence-electron chi connectivity index (χ4n) is 1.67.